The third kappa shape index (κ3) is 3.86. The average molecular weight is 323 g/mol. The van der Waals surface area contributed by atoms with Crippen molar-refractivity contribution in [3.05, 3.63) is 17.8 Å². The molecule has 0 radical (unpaired) electrons. The highest BCUT2D eigenvalue weighted by atomic mass is 32.2. The van der Waals surface area contributed by atoms with Crippen LogP contribution in [0.5, 0.6) is 0 Å². The Kier molecular flexibility index (Phi) is 5.44. The van der Waals surface area contributed by atoms with Gasteiger partial charge in [-0.1, -0.05) is 19.3 Å². The molecule has 1 aromatic rings. The van der Waals surface area contributed by atoms with Crippen molar-refractivity contribution in [2.24, 2.45) is 0 Å². The van der Waals surface area contributed by atoms with Crippen LogP contribution in [0.15, 0.2) is 17.2 Å². The van der Waals surface area contributed by atoms with E-state index in [4.69, 9.17) is 4.74 Å². The molecule has 5 nitrogen and oxygen atoms in total. The summed E-state index contributed by atoms with van der Waals surface area (Å²) < 4.78 is 20.1. The van der Waals surface area contributed by atoms with E-state index in [9.17, 15) is 4.21 Å². The number of hydrogen-bond donors (Lipinski definition) is 1. The van der Waals surface area contributed by atoms with Gasteiger partial charge < -0.3 is 10.1 Å². The molecule has 1 saturated carbocycles. The fourth-order valence-corrected chi connectivity index (χ4v) is 4.38. The van der Waals surface area contributed by atoms with E-state index in [1.807, 2.05) is 23.5 Å². The van der Waals surface area contributed by atoms with Crippen LogP contribution in [0.3, 0.4) is 0 Å². The lowest BCUT2D eigenvalue weighted by atomic mass is 9.95. The maximum absolute atomic E-state index is 12.8. The topological polar surface area (TPSA) is 54.5 Å². The molecule has 0 bridgehead atoms. The van der Waals surface area contributed by atoms with Crippen LogP contribution in [0.4, 0.5) is 5.82 Å². The second-order valence-corrected chi connectivity index (χ2v) is 7.56. The Morgan fingerprint density at radius 3 is 2.73 bits per heavy atom. The van der Waals surface area contributed by atoms with Gasteiger partial charge in [-0.05, 0) is 31.4 Å². The second-order valence-electron chi connectivity index (χ2n) is 6.10. The number of morpholine rings is 1. The van der Waals surface area contributed by atoms with Gasteiger partial charge in [0.2, 0.25) is 0 Å². The first kappa shape index (κ1) is 15.9. The minimum atomic E-state index is -1.12. The maximum Gasteiger partial charge on any atom is 0.128 e. The van der Waals surface area contributed by atoms with E-state index in [-0.39, 0.29) is 0 Å². The SMILES string of the molecule is Cc1cnc(NC2CCCCC2)cc1S(=O)N1CCOCC1. The molecular weight excluding hydrogens is 298 g/mol. The standard InChI is InChI=1S/C16H25N3O2S/c1-13-12-17-16(18-14-5-3-2-4-6-14)11-15(13)22(20)19-7-9-21-10-8-19/h11-12,14H,2-10H2,1H3,(H,17,18). The van der Waals surface area contributed by atoms with Gasteiger partial charge in [0.05, 0.1) is 18.1 Å². The van der Waals surface area contributed by atoms with Crippen molar-refractivity contribution in [3.8, 4) is 0 Å². The first-order valence-electron chi connectivity index (χ1n) is 8.22. The van der Waals surface area contributed by atoms with Crippen molar-refractivity contribution in [1.29, 1.82) is 0 Å². The van der Waals surface area contributed by atoms with Crippen LogP contribution in [0.2, 0.25) is 0 Å². The zero-order valence-electron chi connectivity index (χ0n) is 13.2. The summed E-state index contributed by atoms with van der Waals surface area (Å²) in [6, 6.07) is 2.48. The molecule has 2 aliphatic rings. The number of ether oxygens (including phenoxy) is 1. The molecule has 0 aromatic carbocycles. The molecule has 1 aliphatic heterocycles. The molecule has 1 saturated heterocycles. The number of hydrogen-bond acceptors (Lipinski definition) is 4. The minimum Gasteiger partial charge on any atom is -0.379 e. The third-order valence-corrected chi connectivity index (χ3v) is 6.05. The van der Waals surface area contributed by atoms with E-state index in [1.54, 1.807) is 0 Å². The Balaban J connectivity index is 1.72. The van der Waals surface area contributed by atoms with Crippen molar-refractivity contribution >= 4 is 16.8 Å². The van der Waals surface area contributed by atoms with Gasteiger partial charge in [0.25, 0.3) is 0 Å². The summed E-state index contributed by atoms with van der Waals surface area (Å²) in [6.45, 7) is 4.73. The summed E-state index contributed by atoms with van der Waals surface area (Å²) in [7, 11) is -1.12. The summed E-state index contributed by atoms with van der Waals surface area (Å²) in [6.07, 6.45) is 8.16. The van der Waals surface area contributed by atoms with Crippen LogP contribution >= 0.6 is 0 Å². The lowest BCUT2D eigenvalue weighted by Gasteiger charge is -2.26. The molecule has 0 amide bonds. The largest absolute Gasteiger partial charge is 0.379 e. The number of nitrogens with zero attached hydrogens (tertiary/aromatic N) is 2. The van der Waals surface area contributed by atoms with E-state index < -0.39 is 11.0 Å². The van der Waals surface area contributed by atoms with Crippen molar-refractivity contribution in [3.63, 3.8) is 0 Å². The van der Waals surface area contributed by atoms with Gasteiger partial charge in [0.15, 0.2) is 0 Å². The molecule has 1 atom stereocenters. The highest BCUT2D eigenvalue weighted by molar-refractivity contribution is 7.82. The van der Waals surface area contributed by atoms with Gasteiger partial charge in [0, 0.05) is 25.3 Å². The molecule has 6 heteroatoms. The van der Waals surface area contributed by atoms with E-state index >= 15 is 0 Å². The van der Waals surface area contributed by atoms with Crippen LogP contribution in [0.25, 0.3) is 0 Å². The van der Waals surface area contributed by atoms with E-state index in [1.165, 1.54) is 32.1 Å². The van der Waals surface area contributed by atoms with Crippen LogP contribution in [-0.2, 0) is 15.7 Å². The fraction of sp³-hybridized carbons (Fsp3) is 0.688. The molecule has 122 valence electrons. The highest BCUT2D eigenvalue weighted by Gasteiger charge is 2.21. The molecule has 1 N–H and O–H groups in total. The molecular formula is C16H25N3O2S. The van der Waals surface area contributed by atoms with Crippen LogP contribution in [0.1, 0.15) is 37.7 Å². The Labute approximate surface area is 135 Å². The molecule has 22 heavy (non-hydrogen) atoms. The van der Waals surface area contributed by atoms with Gasteiger partial charge in [-0.2, -0.15) is 0 Å². The van der Waals surface area contributed by atoms with Gasteiger partial charge >= 0.3 is 0 Å². The molecule has 2 heterocycles. The summed E-state index contributed by atoms with van der Waals surface area (Å²) in [5.74, 6) is 0.856. The minimum absolute atomic E-state index is 0.508. The van der Waals surface area contributed by atoms with Gasteiger partial charge in [-0.15, -0.1) is 0 Å². The van der Waals surface area contributed by atoms with E-state index in [0.717, 1.165) is 29.4 Å². The molecule has 1 unspecified atom stereocenters. The number of aryl methyl sites for hydroxylation is 1. The van der Waals surface area contributed by atoms with Crippen molar-refractivity contribution in [2.45, 2.75) is 50.0 Å². The Bertz CT molecular complexity index is 526. The van der Waals surface area contributed by atoms with Crippen molar-refractivity contribution in [1.82, 2.24) is 9.29 Å². The van der Waals surface area contributed by atoms with Crippen LogP contribution < -0.4 is 5.32 Å². The fourth-order valence-electron chi connectivity index (χ4n) is 3.08. The molecule has 2 fully saturated rings. The summed E-state index contributed by atoms with van der Waals surface area (Å²) >= 11 is 0. The highest BCUT2D eigenvalue weighted by Crippen LogP contribution is 2.23. The lowest BCUT2D eigenvalue weighted by molar-refractivity contribution is 0.0752. The predicted molar refractivity (Wildman–Crippen MR) is 88.3 cm³/mol. The van der Waals surface area contributed by atoms with Gasteiger partial charge in [-0.3, -0.25) is 0 Å². The zero-order chi connectivity index (χ0) is 15.4. The molecule has 3 rings (SSSR count). The molecule has 1 aliphatic carbocycles. The lowest BCUT2D eigenvalue weighted by Crippen LogP contribution is -2.37. The molecule has 1 aromatic heterocycles. The third-order valence-electron chi connectivity index (χ3n) is 4.40. The first-order chi connectivity index (χ1) is 10.7. The van der Waals surface area contributed by atoms with Crippen LogP contribution in [0, 0.1) is 6.92 Å². The first-order valence-corrected chi connectivity index (χ1v) is 9.32. The van der Waals surface area contributed by atoms with Crippen LogP contribution in [-0.4, -0.2) is 45.8 Å². The maximum atomic E-state index is 12.8. The predicted octanol–water partition coefficient (Wildman–Crippen LogP) is 2.49. The quantitative estimate of drug-likeness (QED) is 0.925. The monoisotopic (exact) mass is 323 g/mol. The Hall–Kier alpha value is -0.980. The number of anilines is 1. The number of nitrogens with one attached hydrogen (secondary N) is 1. The van der Waals surface area contributed by atoms with Gasteiger partial charge in [-0.25, -0.2) is 13.5 Å². The summed E-state index contributed by atoms with van der Waals surface area (Å²) in [5, 5.41) is 3.52. The normalized spacial score (nSPS) is 22.4. The second kappa shape index (κ2) is 7.53. The Morgan fingerprint density at radius 2 is 2.00 bits per heavy atom. The van der Waals surface area contributed by atoms with Gasteiger partial charge in [0.1, 0.15) is 16.8 Å². The zero-order valence-corrected chi connectivity index (χ0v) is 14.0. The number of pyridine rings is 1. The van der Waals surface area contributed by atoms with E-state index in [2.05, 4.69) is 10.3 Å². The summed E-state index contributed by atoms with van der Waals surface area (Å²) in [5.41, 5.74) is 0.985. The van der Waals surface area contributed by atoms with Crippen molar-refractivity contribution < 1.29 is 8.95 Å². The number of rotatable bonds is 4. The van der Waals surface area contributed by atoms with Crippen molar-refractivity contribution in [2.75, 3.05) is 31.6 Å². The Morgan fingerprint density at radius 1 is 1.27 bits per heavy atom. The summed E-state index contributed by atoms with van der Waals surface area (Å²) in [4.78, 5) is 5.34. The molecule has 0 spiro atoms. The number of aromatic nitrogens is 1. The van der Waals surface area contributed by atoms with E-state index in [0.29, 0.717) is 19.3 Å². The average Bonchev–Trinajstić information content (AvgIpc) is 2.58. The smallest absolute Gasteiger partial charge is 0.128 e.